The Morgan fingerprint density at radius 1 is 1.15 bits per heavy atom. The number of carbonyl (C=O) groups excluding carboxylic acids is 1. The second-order valence-corrected chi connectivity index (χ2v) is 7.38. The molecule has 0 aliphatic carbocycles. The highest BCUT2D eigenvalue weighted by Gasteiger charge is 2.11. The second kappa shape index (κ2) is 8.11. The van der Waals surface area contributed by atoms with Gasteiger partial charge in [-0.05, 0) is 62.4 Å². The molecule has 0 amide bonds. The number of hydrogen-bond acceptors (Lipinski definition) is 3. The summed E-state index contributed by atoms with van der Waals surface area (Å²) >= 11 is 9.62. The summed E-state index contributed by atoms with van der Waals surface area (Å²) in [5.41, 5.74) is 5.32. The van der Waals surface area contributed by atoms with Crippen molar-refractivity contribution >= 4 is 45.4 Å². The van der Waals surface area contributed by atoms with Crippen LogP contribution < -0.4 is 0 Å². The third kappa shape index (κ3) is 4.15. The Balaban J connectivity index is 1.90. The highest BCUT2D eigenvalue weighted by atomic mass is 79.9. The van der Waals surface area contributed by atoms with E-state index in [2.05, 4.69) is 57.5 Å². The second-order valence-electron chi connectivity index (χ2n) is 6.05. The monoisotopic (exact) mass is 444 g/mol. The predicted octanol–water partition coefficient (Wildman–Crippen LogP) is 6.05. The SMILES string of the molecule is COC(=O)c1ccc(N=Cc2cc(C)n(-c3ccc(Br)cc3)c2C)cc1Cl. The van der Waals surface area contributed by atoms with Gasteiger partial charge in [0.15, 0.2) is 0 Å². The zero-order chi connectivity index (χ0) is 19.6. The molecule has 0 radical (unpaired) electrons. The quantitative estimate of drug-likeness (QED) is 0.362. The summed E-state index contributed by atoms with van der Waals surface area (Å²) in [4.78, 5) is 16.1. The van der Waals surface area contributed by atoms with E-state index in [0.29, 0.717) is 16.3 Å². The fourth-order valence-electron chi connectivity index (χ4n) is 2.91. The Hall–Kier alpha value is -2.37. The third-order valence-corrected chi connectivity index (χ3v) is 5.11. The fraction of sp³-hybridized carbons (Fsp3) is 0.143. The van der Waals surface area contributed by atoms with Crippen molar-refractivity contribution in [3.05, 3.63) is 80.5 Å². The number of ether oxygens (including phenoxy) is 1. The number of halogens is 2. The molecule has 2 aromatic carbocycles. The van der Waals surface area contributed by atoms with Crippen LogP contribution in [0.3, 0.4) is 0 Å². The van der Waals surface area contributed by atoms with E-state index in [-0.39, 0.29) is 0 Å². The molecular formula is C21H18BrClN2O2. The predicted molar refractivity (Wildman–Crippen MR) is 113 cm³/mol. The minimum Gasteiger partial charge on any atom is -0.465 e. The number of hydrogen-bond donors (Lipinski definition) is 0. The largest absolute Gasteiger partial charge is 0.465 e. The highest BCUT2D eigenvalue weighted by Crippen LogP contribution is 2.25. The lowest BCUT2D eigenvalue weighted by molar-refractivity contribution is 0.0601. The molecule has 138 valence electrons. The Kier molecular flexibility index (Phi) is 5.82. The van der Waals surface area contributed by atoms with E-state index in [1.807, 2.05) is 12.1 Å². The van der Waals surface area contributed by atoms with Crippen LogP contribution in [0.15, 0.2) is 58.0 Å². The first-order valence-electron chi connectivity index (χ1n) is 8.27. The minimum atomic E-state index is -0.464. The molecule has 0 N–H and O–H groups in total. The molecule has 1 heterocycles. The van der Waals surface area contributed by atoms with Crippen molar-refractivity contribution in [3.8, 4) is 5.69 Å². The Morgan fingerprint density at radius 3 is 2.48 bits per heavy atom. The van der Waals surface area contributed by atoms with E-state index in [9.17, 15) is 4.79 Å². The number of aryl methyl sites for hydroxylation is 1. The van der Waals surface area contributed by atoms with Gasteiger partial charge in [0.05, 0.1) is 23.4 Å². The van der Waals surface area contributed by atoms with Gasteiger partial charge in [-0.1, -0.05) is 27.5 Å². The Labute approximate surface area is 171 Å². The topological polar surface area (TPSA) is 43.6 Å². The van der Waals surface area contributed by atoms with E-state index in [0.717, 1.165) is 27.1 Å². The Bertz CT molecular complexity index is 1020. The van der Waals surface area contributed by atoms with Gasteiger partial charge in [0.1, 0.15) is 0 Å². The molecule has 0 spiro atoms. The van der Waals surface area contributed by atoms with E-state index < -0.39 is 5.97 Å². The number of aromatic nitrogens is 1. The van der Waals surface area contributed by atoms with Crippen molar-refractivity contribution < 1.29 is 9.53 Å². The van der Waals surface area contributed by atoms with Crippen LogP contribution in [-0.4, -0.2) is 23.9 Å². The average molecular weight is 446 g/mol. The summed E-state index contributed by atoms with van der Waals surface area (Å²) in [5, 5.41) is 0.317. The van der Waals surface area contributed by atoms with Crippen LogP contribution >= 0.6 is 27.5 Å². The van der Waals surface area contributed by atoms with Crippen molar-refractivity contribution in [1.82, 2.24) is 4.57 Å². The molecule has 0 atom stereocenters. The van der Waals surface area contributed by atoms with Gasteiger partial charge in [0.2, 0.25) is 0 Å². The number of carbonyl (C=O) groups is 1. The summed E-state index contributed by atoms with van der Waals surface area (Å²) in [6.07, 6.45) is 1.81. The van der Waals surface area contributed by atoms with Gasteiger partial charge in [-0.15, -0.1) is 0 Å². The first-order chi connectivity index (χ1) is 12.9. The maximum absolute atomic E-state index is 11.6. The zero-order valence-electron chi connectivity index (χ0n) is 15.2. The van der Waals surface area contributed by atoms with Crippen LogP contribution in [0.25, 0.3) is 5.69 Å². The molecule has 0 fully saturated rings. The van der Waals surface area contributed by atoms with Crippen molar-refractivity contribution in [1.29, 1.82) is 0 Å². The van der Waals surface area contributed by atoms with Gasteiger partial charge in [0.25, 0.3) is 0 Å². The number of methoxy groups -OCH3 is 1. The van der Waals surface area contributed by atoms with Crippen LogP contribution in [0, 0.1) is 13.8 Å². The number of esters is 1. The molecule has 1 aromatic heterocycles. The zero-order valence-corrected chi connectivity index (χ0v) is 17.5. The number of aliphatic imine (C=N–C) groups is 1. The van der Waals surface area contributed by atoms with Gasteiger partial charge in [-0.25, -0.2) is 4.79 Å². The summed E-state index contributed by atoms with van der Waals surface area (Å²) < 4.78 is 7.93. The molecule has 0 aliphatic heterocycles. The summed E-state index contributed by atoms with van der Waals surface area (Å²) in [6, 6.07) is 15.3. The maximum Gasteiger partial charge on any atom is 0.339 e. The van der Waals surface area contributed by atoms with Crippen LogP contribution in [0.4, 0.5) is 5.69 Å². The smallest absolute Gasteiger partial charge is 0.339 e. The summed E-state index contributed by atoms with van der Waals surface area (Å²) in [5.74, 6) is -0.464. The lowest BCUT2D eigenvalue weighted by Crippen LogP contribution is -2.01. The summed E-state index contributed by atoms with van der Waals surface area (Å²) in [6.45, 7) is 4.12. The fourth-order valence-corrected chi connectivity index (χ4v) is 3.43. The molecule has 4 nitrogen and oxygen atoms in total. The van der Waals surface area contributed by atoms with E-state index >= 15 is 0 Å². The van der Waals surface area contributed by atoms with Crippen molar-refractivity contribution in [2.75, 3.05) is 7.11 Å². The first kappa shape index (κ1) is 19.4. The van der Waals surface area contributed by atoms with Crippen LogP contribution in [0.2, 0.25) is 5.02 Å². The molecule has 0 bridgehead atoms. The molecule has 0 saturated heterocycles. The summed E-state index contributed by atoms with van der Waals surface area (Å²) in [7, 11) is 1.33. The standard InChI is InChI=1S/C21H18BrClN2O2/c1-13-10-15(14(2)25(13)18-7-4-16(22)5-8-18)12-24-17-6-9-19(20(23)11-17)21(26)27-3/h4-12H,1-3H3. The minimum absolute atomic E-state index is 0.317. The number of nitrogens with zero attached hydrogens (tertiary/aromatic N) is 2. The maximum atomic E-state index is 11.6. The average Bonchev–Trinajstić information content (AvgIpc) is 2.94. The number of rotatable bonds is 4. The van der Waals surface area contributed by atoms with Crippen LogP contribution in [0.1, 0.15) is 27.3 Å². The normalized spacial score (nSPS) is 11.1. The van der Waals surface area contributed by atoms with Crippen molar-refractivity contribution in [2.45, 2.75) is 13.8 Å². The number of benzene rings is 2. The van der Waals surface area contributed by atoms with Crippen LogP contribution in [0.5, 0.6) is 0 Å². The molecule has 0 unspecified atom stereocenters. The van der Waals surface area contributed by atoms with Gasteiger partial charge >= 0.3 is 5.97 Å². The molecule has 6 heteroatoms. The third-order valence-electron chi connectivity index (χ3n) is 4.27. The highest BCUT2D eigenvalue weighted by molar-refractivity contribution is 9.10. The molecule has 0 aliphatic rings. The lowest BCUT2D eigenvalue weighted by Gasteiger charge is -2.09. The van der Waals surface area contributed by atoms with Gasteiger partial charge in [-0.2, -0.15) is 0 Å². The molecule has 3 aromatic rings. The van der Waals surface area contributed by atoms with Gasteiger partial charge in [0, 0.05) is 33.3 Å². The first-order valence-corrected chi connectivity index (χ1v) is 9.44. The lowest BCUT2D eigenvalue weighted by atomic mass is 10.2. The molecular weight excluding hydrogens is 428 g/mol. The van der Waals surface area contributed by atoms with E-state index in [1.54, 1.807) is 24.4 Å². The van der Waals surface area contributed by atoms with E-state index in [1.165, 1.54) is 7.11 Å². The van der Waals surface area contributed by atoms with Crippen LogP contribution in [-0.2, 0) is 4.74 Å². The van der Waals surface area contributed by atoms with Crippen molar-refractivity contribution in [3.63, 3.8) is 0 Å². The molecule has 0 saturated carbocycles. The van der Waals surface area contributed by atoms with Gasteiger partial charge < -0.3 is 9.30 Å². The molecule has 27 heavy (non-hydrogen) atoms. The molecule has 3 rings (SSSR count). The van der Waals surface area contributed by atoms with Gasteiger partial charge in [-0.3, -0.25) is 4.99 Å². The Morgan fingerprint density at radius 2 is 1.85 bits per heavy atom. The van der Waals surface area contributed by atoms with Crippen molar-refractivity contribution in [2.24, 2.45) is 4.99 Å². The van der Waals surface area contributed by atoms with E-state index in [4.69, 9.17) is 16.3 Å².